The summed E-state index contributed by atoms with van der Waals surface area (Å²) in [7, 11) is 0. The van der Waals surface area contributed by atoms with Crippen molar-refractivity contribution in [2.45, 2.75) is 13.3 Å². The summed E-state index contributed by atoms with van der Waals surface area (Å²) in [5.74, 6) is -1.82. The van der Waals surface area contributed by atoms with Crippen LogP contribution in [0.15, 0.2) is 35.3 Å². The average Bonchev–Trinajstić information content (AvgIpc) is 2.35. The molecule has 0 aliphatic heterocycles. The number of benzene rings is 1. The van der Waals surface area contributed by atoms with Crippen LogP contribution in [0, 0.1) is 0 Å². The fourth-order valence-corrected chi connectivity index (χ4v) is 1.27. The number of amides is 1. The van der Waals surface area contributed by atoms with Gasteiger partial charge in [-0.1, -0.05) is 30.3 Å². The van der Waals surface area contributed by atoms with Crippen LogP contribution in [0.3, 0.4) is 0 Å². The Kier molecular flexibility index (Phi) is 5.37. The predicted molar refractivity (Wildman–Crippen MR) is 67.0 cm³/mol. The van der Waals surface area contributed by atoms with Crippen LogP contribution < -0.4 is 10.9 Å². The van der Waals surface area contributed by atoms with E-state index in [0.717, 1.165) is 5.56 Å². The Morgan fingerprint density at radius 1 is 1.22 bits per heavy atom. The molecule has 0 aliphatic carbocycles. The highest BCUT2D eigenvalue weighted by Gasteiger charge is 2.09. The lowest BCUT2D eigenvalue weighted by Crippen LogP contribution is -2.45. The van der Waals surface area contributed by atoms with Crippen LogP contribution in [0.25, 0.3) is 0 Å². The minimum Gasteiger partial charge on any atom is -0.475 e. The van der Waals surface area contributed by atoms with Gasteiger partial charge < -0.3 is 5.11 Å². The summed E-state index contributed by atoms with van der Waals surface area (Å²) in [6.45, 7) is 2.03. The van der Waals surface area contributed by atoms with Crippen LogP contribution >= 0.6 is 0 Å². The maximum Gasteiger partial charge on any atom is 0.372 e. The van der Waals surface area contributed by atoms with Gasteiger partial charge in [0.15, 0.2) is 0 Å². The van der Waals surface area contributed by atoms with Crippen molar-refractivity contribution < 1.29 is 14.7 Å². The van der Waals surface area contributed by atoms with Crippen molar-refractivity contribution in [3.8, 4) is 0 Å². The zero-order valence-corrected chi connectivity index (χ0v) is 10.0. The Balaban J connectivity index is 2.46. The lowest BCUT2D eigenvalue weighted by molar-refractivity contribution is -0.129. The third kappa shape index (κ3) is 4.65. The molecule has 3 N–H and O–H groups in total. The number of carbonyl (C=O) groups is 2. The molecule has 0 heterocycles. The van der Waals surface area contributed by atoms with Crippen molar-refractivity contribution in [1.82, 2.24) is 10.9 Å². The van der Waals surface area contributed by atoms with Crippen LogP contribution in [0.2, 0.25) is 0 Å². The summed E-state index contributed by atoms with van der Waals surface area (Å²) in [5, 5.41) is 8.76. The van der Waals surface area contributed by atoms with Gasteiger partial charge in [0.05, 0.1) is 6.42 Å². The van der Waals surface area contributed by atoms with E-state index in [1.807, 2.05) is 30.3 Å². The monoisotopic (exact) mass is 249 g/mol. The molecule has 0 aliphatic rings. The summed E-state index contributed by atoms with van der Waals surface area (Å²) < 4.78 is 0. The Morgan fingerprint density at radius 2 is 1.89 bits per heavy atom. The highest BCUT2D eigenvalue weighted by molar-refractivity contribution is 6.34. The molecule has 1 rings (SSSR count). The maximum atomic E-state index is 11.5. The second-order valence-corrected chi connectivity index (χ2v) is 3.46. The number of hydrazine groups is 1. The van der Waals surface area contributed by atoms with Crippen LogP contribution in [-0.2, 0) is 16.0 Å². The third-order valence-corrected chi connectivity index (χ3v) is 2.05. The standard InChI is InChI=1S/C12H15N3O3/c1-2-13-11(12(17)18)15-14-10(16)8-9-6-4-3-5-7-9/h3-7H,2,8H2,1H3,(H,13,15)(H,14,16)(H,17,18). The summed E-state index contributed by atoms with van der Waals surface area (Å²) in [6, 6.07) is 9.15. The number of rotatable bonds is 3. The van der Waals surface area contributed by atoms with E-state index in [4.69, 9.17) is 5.11 Å². The molecule has 0 spiro atoms. The molecular formula is C12H15N3O3. The van der Waals surface area contributed by atoms with Crippen LogP contribution in [-0.4, -0.2) is 29.4 Å². The molecular weight excluding hydrogens is 234 g/mol. The van der Waals surface area contributed by atoms with Crippen molar-refractivity contribution in [3.05, 3.63) is 35.9 Å². The van der Waals surface area contributed by atoms with Gasteiger partial charge in [0, 0.05) is 6.54 Å². The van der Waals surface area contributed by atoms with E-state index >= 15 is 0 Å². The Labute approximate surface area is 105 Å². The number of aliphatic carboxylic acids is 1. The van der Waals surface area contributed by atoms with E-state index in [9.17, 15) is 9.59 Å². The van der Waals surface area contributed by atoms with Gasteiger partial charge in [-0.05, 0) is 12.5 Å². The minimum absolute atomic E-state index is 0.173. The molecule has 0 radical (unpaired) electrons. The molecule has 1 aromatic rings. The van der Waals surface area contributed by atoms with Crippen molar-refractivity contribution in [1.29, 1.82) is 0 Å². The molecule has 96 valence electrons. The Bertz CT molecular complexity index is 443. The first-order valence-electron chi connectivity index (χ1n) is 5.50. The minimum atomic E-state index is -1.21. The fourth-order valence-electron chi connectivity index (χ4n) is 1.27. The SMILES string of the molecule is CCN=C(NNC(=O)Cc1ccccc1)C(=O)O. The van der Waals surface area contributed by atoms with E-state index in [1.165, 1.54) is 0 Å². The third-order valence-electron chi connectivity index (χ3n) is 2.05. The molecule has 0 unspecified atom stereocenters. The summed E-state index contributed by atoms with van der Waals surface area (Å²) >= 11 is 0. The van der Waals surface area contributed by atoms with Crippen molar-refractivity contribution in [2.75, 3.05) is 6.54 Å². The van der Waals surface area contributed by atoms with Gasteiger partial charge in [0.1, 0.15) is 0 Å². The number of nitrogens with zero attached hydrogens (tertiary/aromatic N) is 1. The smallest absolute Gasteiger partial charge is 0.372 e. The zero-order chi connectivity index (χ0) is 13.4. The van der Waals surface area contributed by atoms with E-state index in [2.05, 4.69) is 15.8 Å². The van der Waals surface area contributed by atoms with E-state index in [1.54, 1.807) is 6.92 Å². The predicted octanol–water partition coefficient (Wildman–Crippen LogP) is 0.353. The highest BCUT2D eigenvalue weighted by Crippen LogP contribution is 1.98. The zero-order valence-electron chi connectivity index (χ0n) is 10.0. The molecule has 0 fully saturated rings. The van der Waals surface area contributed by atoms with E-state index in [0.29, 0.717) is 6.54 Å². The number of hydrogen-bond acceptors (Lipinski definition) is 3. The number of aliphatic imine (C=N–C) groups is 1. The lowest BCUT2D eigenvalue weighted by Gasteiger charge is -2.07. The number of carbonyl (C=O) groups excluding carboxylic acids is 1. The summed E-state index contributed by atoms with van der Waals surface area (Å²) in [4.78, 5) is 25.9. The molecule has 0 saturated heterocycles. The quantitative estimate of drug-likeness (QED) is 0.409. The van der Waals surface area contributed by atoms with Crippen molar-refractivity contribution >= 4 is 17.7 Å². The normalized spacial score (nSPS) is 10.8. The molecule has 0 saturated carbocycles. The number of carboxylic acid groups (broad SMARTS) is 1. The van der Waals surface area contributed by atoms with Gasteiger partial charge >= 0.3 is 5.97 Å². The molecule has 18 heavy (non-hydrogen) atoms. The second-order valence-electron chi connectivity index (χ2n) is 3.46. The molecule has 6 nitrogen and oxygen atoms in total. The molecule has 0 bridgehead atoms. The topological polar surface area (TPSA) is 90.8 Å². The Hall–Kier alpha value is -2.37. The molecule has 6 heteroatoms. The Morgan fingerprint density at radius 3 is 2.44 bits per heavy atom. The van der Waals surface area contributed by atoms with Crippen molar-refractivity contribution in [3.63, 3.8) is 0 Å². The first-order chi connectivity index (χ1) is 8.63. The van der Waals surface area contributed by atoms with Gasteiger partial charge in [-0.25, -0.2) is 4.79 Å². The fraction of sp³-hybridized carbons (Fsp3) is 0.250. The molecule has 1 amide bonds. The molecule has 1 aromatic carbocycles. The van der Waals surface area contributed by atoms with Crippen LogP contribution in [0.4, 0.5) is 0 Å². The average molecular weight is 249 g/mol. The first-order valence-corrected chi connectivity index (χ1v) is 5.50. The van der Waals surface area contributed by atoms with Gasteiger partial charge in [-0.3, -0.25) is 20.6 Å². The van der Waals surface area contributed by atoms with Crippen LogP contribution in [0.5, 0.6) is 0 Å². The van der Waals surface area contributed by atoms with E-state index < -0.39 is 5.97 Å². The molecule has 0 aromatic heterocycles. The van der Waals surface area contributed by atoms with Crippen molar-refractivity contribution in [2.24, 2.45) is 4.99 Å². The number of nitrogens with one attached hydrogen (secondary N) is 2. The van der Waals surface area contributed by atoms with Gasteiger partial charge in [0.2, 0.25) is 11.7 Å². The summed E-state index contributed by atoms with van der Waals surface area (Å²) in [6.07, 6.45) is 0.173. The molecule has 0 atom stereocenters. The van der Waals surface area contributed by atoms with E-state index in [-0.39, 0.29) is 18.2 Å². The number of hydrogen-bond donors (Lipinski definition) is 3. The van der Waals surface area contributed by atoms with Gasteiger partial charge in [-0.15, -0.1) is 0 Å². The largest absolute Gasteiger partial charge is 0.475 e. The first kappa shape index (κ1) is 13.7. The summed E-state index contributed by atoms with van der Waals surface area (Å²) in [5.41, 5.74) is 5.44. The van der Waals surface area contributed by atoms with Gasteiger partial charge in [0.25, 0.3) is 0 Å². The maximum absolute atomic E-state index is 11.5. The van der Waals surface area contributed by atoms with Gasteiger partial charge in [-0.2, -0.15) is 0 Å². The second kappa shape index (κ2) is 7.05. The number of amidine groups is 1. The number of carboxylic acids is 1. The lowest BCUT2D eigenvalue weighted by atomic mass is 10.1. The highest BCUT2D eigenvalue weighted by atomic mass is 16.4. The van der Waals surface area contributed by atoms with Crippen LogP contribution in [0.1, 0.15) is 12.5 Å².